The molecule has 0 radical (unpaired) electrons. The molecular weight excluding hydrogens is 415 g/mol. The molecule has 0 amide bonds. The molecule has 0 spiro atoms. The van der Waals surface area contributed by atoms with Crippen LogP contribution in [-0.2, 0) is 0 Å². The van der Waals surface area contributed by atoms with E-state index in [-0.39, 0.29) is 36.9 Å². The van der Waals surface area contributed by atoms with E-state index in [0.717, 1.165) is 29.8 Å². The van der Waals surface area contributed by atoms with Crippen molar-refractivity contribution in [3.63, 3.8) is 0 Å². The fourth-order valence-corrected chi connectivity index (χ4v) is 5.19. The van der Waals surface area contributed by atoms with Gasteiger partial charge >= 0.3 is 0 Å². The van der Waals surface area contributed by atoms with Crippen molar-refractivity contribution >= 4 is 11.7 Å². The van der Waals surface area contributed by atoms with Crippen LogP contribution in [-0.4, -0.2) is 46.5 Å². The van der Waals surface area contributed by atoms with E-state index in [2.05, 4.69) is 33.9 Å². The number of benzene rings is 1. The lowest BCUT2D eigenvalue weighted by molar-refractivity contribution is -0.100. The molecule has 2 fully saturated rings. The van der Waals surface area contributed by atoms with Crippen LogP contribution in [0.1, 0.15) is 24.4 Å². The molecule has 3 atom stereocenters. The number of aliphatic imine (C=N–C) groups is 2. The first-order valence-corrected chi connectivity index (χ1v) is 10.7. The van der Waals surface area contributed by atoms with Crippen molar-refractivity contribution in [2.75, 3.05) is 13.1 Å². The standard InChI is InChI=1S/C24H22F3N5/c1-14-10-17-11-16(4-7-19(17)29-14)21-20(15-2-5-18(25)6-3-15)30-23-22(28-8-9-32(21)23)31-12-24(26,27)13-31/h2-3,5-9,11,16,20-21,29H,1,4,10,12-13H2. The van der Waals surface area contributed by atoms with Crippen LogP contribution >= 0.6 is 0 Å². The van der Waals surface area contributed by atoms with Crippen LogP contribution in [0.5, 0.6) is 0 Å². The number of hydrogen-bond acceptors (Lipinski definition) is 5. The molecule has 6 rings (SSSR count). The number of rotatable bonds is 2. The Morgan fingerprint density at radius 2 is 1.91 bits per heavy atom. The van der Waals surface area contributed by atoms with E-state index in [4.69, 9.17) is 4.99 Å². The number of fused-ring (bicyclic) bond motifs is 2. The molecule has 1 aromatic rings. The van der Waals surface area contributed by atoms with Crippen molar-refractivity contribution in [2.45, 2.75) is 30.8 Å². The Bertz CT molecular complexity index is 1140. The van der Waals surface area contributed by atoms with Gasteiger partial charge in [-0.1, -0.05) is 30.9 Å². The van der Waals surface area contributed by atoms with E-state index >= 15 is 0 Å². The molecule has 1 N–H and O–H groups in total. The maximum atomic E-state index is 13.6. The Morgan fingerprint density at radius 3 is 2.66 bits per heavy atom. The number of halogens is 3. The highest BCUT2D eigenvalue weighted by Crippen LogP contribution is 2.43. The zero-order valence-corrected chi connectivity index (χ0v) is 17.3. The van der Waals surface area contributed by atoms with Crippen LogP contribution in [0.2, 0.25) is 0 Å². The van der Waals surface area contributed by atoms with Gasteiger partial charge in [0.15, 0.2) is 11.7 Å². The van der Waals surface area contributed by atoms with Gasteiger partial charge in [-0.05, 0) is 29.7 Å². The number of hydrogen-bond donors (Lipinski definition) is 1. The topological polar surface area (TPSA) is 43.2 Å². The summed E-state index contributed by atoms with van der Waals surface area (Å²) in [6.45, 7) is 3.33. The largest absolute Gasteiger partial charge is 0.359 e. The van der Waals surface area contributed by atoms with E-state index in [1.165, 1.54) is 17.7 Å². The normalized spacial score (nSPS) is 30.0. The Hall–Kier alpha value is -3.29. The van der Waals surface area contributed by atoms with E-state index < -0.39 is 5.92 Å². The number of alkyl halides is 2. The monoisotopic (exact) mass is 437 g/mol. The third kappa shape index (κ3) is 3.08. The highest BCUT2D eigenvalue weighted by Gasteiger charge is 2.50. The van der Waals surface area contributed by atoms with Crippen molar-refractivity contribution < 1.29 is 13.2 Å². The maximum absolute atomic E-state index is 13.6. The van der Waals surface area contributed by atoms with Gasteiger partial charge in [-0.25, -0.2) is 18.2 Å². The minimum absolute atomic E-state index is 0.0711. The van der Waals surface area contributed by atoms with Crippen molar-refractivity contribution in [1.82, 2.24) is 15.1 Å². The van der Waals surface area contributed by atoms with E-state index in [0.29, 0.717) is 11.7 Å². The summed E-state index contributed by atoms with van der Waals surface area (Å²) in [6, 6.07) is 6.04. The van der Waals surface area contributed by atoms with E-state index in [9.17, 15) is 13.2 Å². The fraction of sp³-hybridized carbons (Fsp3) is 0.333. The van der Waals surface area contributed by atoms with Crippen molar-refractivity contribution in [1.29, 1.82) is 0 Å². The van der Waals surface area contributed by atoms with Crippen molar-refractivity contribution in [3.05, 3.63) is 83.7 Å². The van der Waals surface area contributed by atoms with Gasteiger partial charge < -0.3 is 15.1 Å². The molecule has 4 aliphatic heterocycles. The average Bonchev–Trinajstić information content (AvgIpc) is 3.31. The van der Waals surface area contributed by atoms with Gasteiger partial charge in [0.1, 0.15) is 5.82 Å². The summed E-state index contributed by atoms with van der Waals surface area (Å²) >= 11 is 0. The van der Waals surface area contributed by atoms with Crippen molar-refractivity contribution in [2.24, 2.45) is 15.9 Å². The summed E-state index contributed by atoms with van der Waals surface area (Å²) in [7, 11) is 0. The van der Waals surface area contributed by atoms with Gasteiger partial charge in [-0.15, -0.1) is 0 Å². The predicted octanol–water partition coefficient (Wildman–Crippen LogP) is 4.12. The predicted molar refractivity (Wildman–Crippen MR) is 116 cm³/mol. The molecule has 0 aromatic heterocycles. The number of allylic oxidation sites excluding steroid dienone is 3. The zero-order valence-electron chi connectivity index (χ0n) is 17.3. The first-order valence-electron chi connectivity index (χ1n) is 10.7. The fourth-order valence-electron chi connectivity index (χ4n) is 5.19. The molecule has 5 nitrogen and oxygen atoms in total. The minimum Gasteiger partial charge on any atom is -0.359 e. The third-order valence-electron chi connectivity index (χ3n) is 6.64. The number of amidine groups is 2. The molecule has 0 bridgehead atoms. The van der Waals surface area contributed by atoms with Gasteiger partial charge in [0, 0.05) is 36.1 Å². The third-order valence-corrected chi connectivity index (χ3v) is 6.64. The van der Waals surface area contributed by atoms with Gasteiger partial charge in [0.25, 0.3) is 5.92 Å². The molecule has 1 aliphatic carbocycles. The molecule has 4 heterocycles. The average molecular weight is 437 g/mol. The number of nitrogens with zero attached hydrogens (tertiary/aromatic N) is 4. The summed E-state index contributed by atoms with van der Waals surface area (Å²) in [5, 5.41) is 3.32. The van der Waals surface area contributed by atoms with Gasteiger partial charge in [-0.3, -0.25) is 4.99 Å². The Labute approximate surface area is 184 Å². The van der Waals surface area contributed by atoms with Gasteiger partial charge in [-0.2, -0.15) is 0 Å². The molecule has 0 saturated carbocycles. The SMILES string of the molecule is C=C1CC2=CC(C3C(c4ccc(F)cc4)N=C4C(N5CC(F)(F)C5)=NC=CN43)CC=C2N1. The molecule has 8 heteroatoms. The first-order chi connectivity index (χ1) is 15.4. The van der Waals surface area contributed by atoms with Crippen LogP contribution in [0.3, 0.4) is 0 Å². The second-order valence-electron chi connectivity index (χ2n) is 8.92. The van der Waals surface area contributed by atoms with E-state index in [1.807, 2.05) is 6.20 Å². The lowest BCUT2D eigenvalue weighted by Crippen LogP contribution is -2.61. The summed E-state index contributed by atoms with van der Waals surface area (Å²) in [4.78, 5) is 13.0. The summed E-state index contributed by atoms with van der Waals surface area (Å²) in [5.74, 6) is -1.79. The van der Waals surface area contributed by atoms with Crippen LogP contribution < -0.4 is 5.32 Å². The van der Waals surface area contributed by atoms with Gasteiger partial charge in [0.05, 0.1) is 25.2 Å². The quantitative estimate of drug-likeness (QED) is 0.757. The second kappa shape index (κ2) is 6.85. The Kier molecular flexibility index (Phi) is 4.15. The number of likely N-dealkylation sites (tertiary alicyclic amines) is 1. The zero-order chi connectivity index (χ0) is 22.0. The minimum atomic E-state index is -2.70. The smallest absolute Gasteiger partial charge is 0.282 e. The Morgan fingerprint density at radius 1 is 1.12 bits per heavy atom. The lowest BCUT2D eigenvalue weighted by Gasteiger charge is -2.43. The molecule has 5 aliphatic rings. The van der Waals surface area contributed by atoms with Crippen LogP contribution in [0.15, 0.2) is 82.3 Å². The van der Waals surface area contributed by atoms with E-state index in [1.54, 1.807) is 23.2 Å². The molecule has 164 valence electrons. The van der Waals surface area contributed by atoms with Crippen LogP contribution in [0.25, 0.3) is 0 Å². The second-order valence-corrected chi connectivity index (χ2v) is 8.92. The lowest BCUT2D eigenvalue weighted by atomic mass is 9.82. The summed E-state index contributed by atoms with van der Waals surface area (Å²) < 4.78 is 40.7. The highest BCUT2D eigenvalue weighted by molar-refractivity contribution is 6.41. The maximum Gasteiger partial charge on any atom is 0.282 e. The molecule has 3 unspecified atom stereocenters. The van der Waals surface area contributed by atoms with Gasteiger partial charge in [0.2, 0.25) is 0 Å². The van der Waals surface area contributed by atoms with Crippen molar-refractivity contribution in [3.8, 4) is 0 Å². The summed E-state index contributed by atoms with van der Waals surface area (Å²) in [6.07, 6.45) is 9.59. The summed E-state index contributed by atoms with van der Waals surface area (Å²) in [5.41, 5.74) is 4.20. The molecule has 1 aromatic carbocycles. The molecule has 2 saturated heterocycles. The highest BCUT2D eigenvalue weighted by atomic mass is 19.3. The number of nitrogens with one attached hydrogen (secondary N) is 1. The first kappa shape index (κ1) is 19.4. The van der Waals surface area contributed by atoms with Crippen LogP contribution in [0, 0.1) is 11.7 Å². The Balaban J connectivity index is 1.37. The van der Waals surface area contributed by atoms with Crippen LogP contribution in [0.4, 0.5) is 13.2 Å². The molecular formula is C24H22F3N5. The molecule has 32 heavy (non-hydrogen) atoms.